The highest BCUT2D eigenvalue weighted by molar-refractivity contribution is 5.87. The fourth-order valence-corrected chi connectivity index (χ4v) is 4.73. The Kier molecular flexibility index (Phi) is 9.09. The van der Waals surface area contributed by atoms with Gasteiger partial charge in [0.15, 0.2) is 0 Å². The van der Waals surface area contributed by atoms with Crippen LogP contribution >= 0.6 is 0 Å². The van der Waals surface area contributed by atoms with Crippen LogP contribution in [0.15, 0.2) is 59.5 Å². The lowest BCUT2D eigenvalue weighted by Crippen LogP contribution is -2.27. The van der Waals surface area contributed by atoms with Crippen molar-refractivity contribution in [3.05, 3.63) is 70.6 Å². The van der Waals surface area contributed by atoms with Crippen LogP contribution in [0.3, 0.4) is 0 Å². The minimum Gasteiger partial charge on any atom is -0.497 e. The molecule has 8 nitrogen and oxygen atoms in total. The highest BCUT2D eigenvalue weighted by atomic mass is 16.5. The summed E-state index contributed by atoms with van der Waals surface area (Å²) in [5.74, 6) is 2.79. The standard InChI is InChI=1S/C31H38N4O4/c1-7-34(8-2)14-15-39-24-12-10-23(11-13-24)33-30-19-28-22(20-32-30)16-27(31(36)35(28)9-3)26-17-25(37-5)18-29(38-6)21(26)4/h10-13,16-20H,7-9,14-15H2,1-6H3,(H,32,33). The second kappa shape index (κ2) is 12.7. The van der Waals surface area contributed by atoms with Gasteiger partial charge in [-0.15, -0.1) is 0 Å². The Morgan fingerprint density at radius 2 is 1.67 bits per heavy atom. The van der Waals surface area contributed by atoms with Crippen LogP contribution in [0.2, 0.25) is 0 Å². The first-order valence-electron chi connectivity index (χ1n) is 13.4. The van der Waals surface area contributed by atoms with Crippen molar-refractivity contribution in [2.24, 2.45) is 0 Å². The van der Waals surface area contributed by atoms with E-state index in [2.05, 4.69) is 29.0 Å². The molecule has 0 aliphatic heterocycles. The van der Waals surface area contributed by atoms with Crippen molar-refractivity contribution in [3.63, 3.8) is 0 Å². The van der Waals surface area contributed by atoms with Gasteiger partial charge in [-0.05, 0) is 74.5 Å². The number of pyridine rings is 2. The van der Waals surface area contributed by atoms with E-state index in [9.17, 15) is 4.79 Å². The number of rotatable bonds is 12. The van der Waals surface area contributed by atoms with E-state index in [0.717, 1.165) is 53.1 Å². The zero-order valence-corrected chi connectivity index (χ0v) is 23.7. The maximum Gasteiger partial charge on any atom is 0.258 e. The number of aromatic nitrogens is 2. The number of fused-ring (bicyclic) bond motifs is 1. The second-order valence-corrected chi connectivity index (χ2v) is 9.26. The number of hydrogen-bond acceptors (Lipinski definition) is 7. The van der Waals surface area contributed by atoms with Crippen LogP contribution in [0.5, 0.6) is 17.2 Å². The zero-order valence-electron chi connectivity index (χ0n) is 23.7. The third-order valence-electron chi connectivity index (χ3n) is 7.07. The molecular formula is C31H38N4O4. The molecule has 4 rings (SSSR count). The van der Waals surface area contributed by atoms with E-state index in [1.54, 1.807) is 25.0 Å². The molecule has 0 unspecified atom stereocenters. The summed E-state index contributed by atoms with van der Waals surface area (Å²) in [6.45, 7) is 12.3. The SMILES string of the molecule is CCN(CC)CCOc1ccc(Nc2cc3c(cn2)cc(-c2cc(OC)cc(OC)c2C)c(=O)n3CC)cc1. The van der Waals surface area contributed by atoms with Gasteiger partial charge in [-0.1, -0.05) is 13.8 Å². The molecule has 2 aromatic heterocycles. The number of nitrogens with one attached hydrogen (secondary N) is 1. The minimum atomic E-state index is -0.0771. The van der Waals surface area contributed by atoms with E-state index in [1.807, 2.05) is 62.4 Å². The Bertz CT molecular complexity index is 1480. The van der Waals surface area contributed by atoms with Crippen LogP contribution in [0, 0.1) is 6.92 Å². The molecule has 2 heterocycles. The zero-order chi connectivity index (χ0) is 27.9. The molecule has 39 heavy (non-hydrogen) atoms. The molecule has 0 amide bonds. The summed E-state index contributed by atoms with van der Waals surface area (Å²) in [5, 5.41) is 4.22. The predicted molar refractivity (Wildman–Crippen MR) is 158 cm³/mol. The molecule has 1 N–H and O–H groups in total. The Morgan fingerprint density at radius 3 is 2.31 bits per heavy atom. The molecular weight excluding hydrogens is 492 g/mol. The molecule has 0 saturated heterocycles. The average Bonchev–Trinajstić information content (AvgIpc) is 2.96. The van der Waals surface area contributed by atoms with Crippen LogP contribution < -0.4 is 25.1 Å². The number of likely N-dealkylation sites (N-methyl/N-ethyl adjacent to an activating group) is 1. The van der Waals surface area contributed by atoms with E-state index in [-0.39, 0.29) is 5.56 Å². The molecule has 0 aliphatic carbocycles. The number of nitrogens with zero attached hydrogens (tertiary/aromatic N) is 3. The molecule has 2 aromatic carbocycles. The van der Waals surface area contributed by atoms with E-state index < -0.39 is 0 Å². The lowest BCUT2D eigenvalue weighted by molar-refractivity contribution is 0.223. The Labute approximate surface area is 230 Å². The highest BCUT2D eigenvalue weighted by Gasteiger charge is 2.17. The monoisotopic (exact) mass is 530 g/mol. The van der Waals surface area contributed by atoms with Gasteiger partial charge < -0.3 is 29.0 Å². The molecule has 0 bridgehead atoms. The van der Waals surface area contributed by atoms with Gasteiger partial charge in [-0.25, -0.2) is 4.98 Å². The fraction of sp³-hybridized carbons (Fsp3) is 0.355. The molecule has 0 fully saturated rings. The van der Waals surface area contributed by atoms with Crippen molar-refractivity contribution < 1.29 is 14.2 Å². The Balaban J connectivity index is 1.60. The number of hydrogen-bond donors (Lipinski definition) is 1. The summed E-state index contributed by atoms with van der Waals surface area (Å²) in [6.07, 6.45) is 1.80. The summed E-state index contributed by atoms with van der Waals surface area (Å²) in [7, 11) is 3.22. The van der Waals surface area contributed by atoms with Crippen LogP contribution in [0.4, 0.5) is 11.5 Å². The highest BCUT2D eigenvalue weighted by Crippen LogP contribution is 2.34. The van der Waals surface area contributed by atoms with Crippen LogP contribution in [-0.4, -0.2) is 54.9 Å². The number of benzene rings is 2. The fourth-order valence-electron chi connectivity index (χ4n) is 4.73. The number of methoxy groups -OCH3 is 2. The van der Waals surface area contributed by atoms with Gasteiger partial charge in [0.1, 0.15) is 29.7 Å². The molecule has 0 aliphatic rings. The molecule has 0 spiro atoms. The third-order valence-corrected chi connectivity index (χ3v) is 7.07. The van der Waals surface area contributed by atoms with Crippen molar-refractivity contribution in [1.82, 2.24) is 14.5 Å². The van der Waals surface area contributed by atoms with Gasteiger partial charge >= 0.3 is 0 Å². The lowest BCUT2D eigenvalue weighted by atomic mass is 9.99. The molecule has 0 atom stereocenters. The van der Waals surface area contributed by atoms with E-state index in [1.165, 1.54) is 0 Å². The number of anilines is 2. The van der Waals surface area contributed by atoms with Crippen molar-refractivity contribution in [1.29, 1.82) is 0 Å². The van der Waals surface area contributed by atoms with Crippen LogP contribution in [0.25, 0.3) is 22.0 Å². The van der Waals surface area contributed by atoms with Gasteiger partial charge in [-0.3, -0.25) is 4.79 Å². The average molecular weight is 531 g/mol. The number of ether oxygens (including phenoxy) is 3. The Hall–Kier alpha value is -4.04. The third kappa shape index (κ3) is 6.17. The van der Waals surface area contributed by atoms with Gasteiger partial charge in [0.25, 0.3) is 5.56 Å². The van der Waals surface area contributed by atoms with Gasteiger partial charge in [0.05, 0.1) is 19.7 Å². The van der Waals surface area contributed by atoms with E-state index >= 15 is 0 Å². The smallest absolute Gasteiger partial charge is 0.258 e. The van der Waals surface area contributed by atoms with Gasteiger partial charge in [-0.2, -0.15) is 0 Å². The van der Waals surface area contributed by atoms with Crippen LogP contribution in [0.1, 0.15) is 26.3 Å². The second-order valence-electron chi connectivity index (χ2n) is 9.26. The summed E-state index contributed by atoms with van der Waals surface area (Å²) < 4.78 is 18.7. The van der Waals surface area contributed by atoms with Gasteiger partial charge in [0, 0.05) is 48.1 Å². The van der Waals surface area contributed by atoms with Crippen molar-refractivity contribution in [2.75, 3.05) is 45.8 Å². The maximum absolute atomic E-state index is 13.7. The first kappa shape index (κ1) is 28.0. The van der Waals surface area contributed by atoms with Crippen molar-refractivity contribution in [2.45, 2.75) is 34.2 Å². The first-order chi connectivity index (χ1) is 18.9. The quantitative estimate of drug-likeness (QED) is 0.245. The summed E-state index contributed by atoms with van der Waals surface area (Å²) >= 11 is 0. The molecule has 0 saturated carbocycles. The van der Waals surface area contributed by atoms with E-state index in [4.69, 9.17) is 14.2 Å². The molecule has 8 heteroatoms. The normalized spacial score (nSPS) is 11.2. The molecule has 206 valence electrons. The molecule has 4 aromatic rings. The topological polar surface area (TPSA) is 77.9 Å². The number of aryl methyl sites for hydroxylation is 1. The summed E-state index contributed by atoms with van der Waals surface area (Å²) in [6, 6.07) is 15.3. The maximum atomic E-state index is 13.7. The van der Waals surface area contributed by atoms with Crippen molar-refractivity contribution >= 4 is 22.4 Å². The Morgan fingerprint density at radius 1 is 0.923 bits per heavy atom. The van der Waals surface area contributed by atoms with Crippen LogP contribution in [-0.2, 0) is 6.54 Å². The van der Waals surface area contributed by atoms with Crippen molar-refractivity contribution in [3.8, 4) is 28.4 Å². The van der Waals surface area contributed by atoms with E-state index in [0.29, 0.717) is 36.0 Å². The largest absolute Gasteiger partial charge is 0.497 e. The minimum absolute atomic E-state index is 0.0771. The predicted octanol–water partition coefficient (Wildman–Crippen LogP) is 5.87. The summed E-state index contributed by atoms with van der Waals surface area (Å²) in [4.78, 5) is 20.6. The lowest BCUT2D eigenvalue weighted by Gasteiger charge is -2.18. The molecule has 0 radical (unpaired) electrons. The van der Waals surface area contributed by atoms with Gasteiger partial charge in [0.2, 0.25) is 0 Å². The summed E-state index contributed by atoms with van der Waals surface area (Å²) in [5.41, 5.74) is 3.86. The first-order valence-corrected chi connectivity index (χ1v) is 13.4.